The number of hydrogen-bond donors (Lipinski definition) is 1. The molecule has 0 saturated carbocycles. The van der Waals surface area contributed by atoms with Crippen LogP contribution < -0.4 is 5.43 Å². The molecule has 0 fully saturated rings. The number of nitrogens with one attached hydrogen (secondary N) is 1. The molecule has 1 unspecified atom stereocenters. The first kappa shape index (κ1) is 13.2. The standard InChI is InChI=1S/C17H17ClN2/c1-17(2)15(12-6-4-3-5-7-12)16(19-20-17)13-8-10-14(18)11-9-13/h3-11,15,20H,1-2H3. The summed E-state index contributed by atoms with van der Waals surface area (Å²) < 4.78 is 0. The molecule has 0 aliphatic carbocycles. The van der Waals surface area contributed by atoms with Gasteiger partial charge in [0.1, 0.15) is 0 Å². The van der Waals surface area contributed by atoms with Gasteiger partial charge >= 0.3 is 0 Å². The summed E-state index contributed by atoms with van der Waals surface area (Å²) in [6.45, 7) is 4.36. The Morgan fingerprint density at radius 1 is 1.00 bits per heavy atom. The molecule has 0 amide bonds. The van der Waals surface area contributed by atoms with E-state index in [-0.39, 0.29) is 11.5 Å². The SMILES string of the molecule is CC1(C)NN=C(c2ccc(Cl)cc2)C1c1ccccc1. The van der Waals surface area contributed by atoms with E-state index in [4.69, 9.17) is 11.6 Å². The molecule has 0 bridgehead atoms. The van der Waals surface area contributed by atoms with Crippen molar-refractivity contribution in [3.05, 3.63) is 70.7 Å². The lowest BCUT2D eigenvalue weighted by Gasteiger charge is -2.28. The zero-order valence-corrected chi connectivity index (χ0v) is 12.4. The van der Waals surface area contributed by atoms with Crippen molar-refractivity contribution < 1.29 is 0 Å². The molecule has 1 aliphatic heterocycles. The van der Waals surface area contributed by atoms with Crippen molar-refractivity contribution >= 4 is 17.3 Å². The second kappa shape index (κ2) is 4.95. The van der Waals surface area contributed by atoms with Crippen LogP contribution in [-0.2, 0) is 0 Å². The Balaban J connectivity index is 2.04. The molecule has 1 atom stereocenters. The van der Waals surface area contributed by atoms with E-state index >= 15 is 0 Å². The van der Waals surface area contributed by atoms with E-state index in [0.29, 0.717) is 0 Å². The van der Waals surface area contributed by atoms with Crippen LogP contribution in [0.25, 0.3) is 0 Å². The van der Waals surface area contributed by atoms with Crippen LogP contribution in [0.5, 0.6) is 0 Å². The molecular formula is C17H17ClN2. The van der Waals surface area contributed by atoms with Gasteiger partial charge in [0.25, 0.3) is 0 Å². The lowest BCUT2D eigenvalue weighted by molar-refractivity contribution is 0.409. The van der Waals surface area contributed by atoms with Gasteiger partial charge in [-0.25, -0.2) is 0 Å². The highest BCUT2D eigenvalue weighted by Crippen LogP contribution is 2.36. The van der Waals surface area contributed by atoms with Gasteiger partial charge in [-0.1, -0.05) is 54.1 Å². The molecule has 0 saturated heterocycles. The van der Waals surface area contributed by atoms with Gasteiger partial charge in [-0.15, -0.1) is 0 Å². The molecule has 0 spiro atoms. The Hall–Kier alpha value is -1.80. The average Bonchev–Trinajstić information content (AvgIpc) is 2.76. The van der Waals surface area contributed by atoms with Crippen molar-refractivity contribution in [1.29, 1.82) is 0 Å². The van der Waals surface area contributed by atoms with Gasteiger partial charge in [0.05, 0.1) is 17.2 Å². The van der Waals surface area contributed by atoms with Gasteiger partial charge in [0.2, 0.25) is 0 Å². The Bertz CT molecular complexity index is 630. The van der Waals surface area contributed by atoms with E-state index in [1.54, 1.807) is 0 Å². The van der Waals surface area contributed by atoms with Crippen molar-refractivity contribution in [3.63, 3.8) is 0 Å². The summed E-state index contributed by atoms with van der Waals surface area (Å²) in [5.41, 5.74) is 6.62. The third-order valence-corrected chi connectivity index (χ3v) is 3.98. The summed E-state index contributed by atoms with van der Waals surface area (Å²) >= 11 is 5.97. The number of nitrogens with zero attached hydrogens (tertiary/aromatic N) is 1. The number of hydrazone groups is 1. The quantitative estimate of drug-likeness (QED) is 0.878. The van der Waals surface area contributed by atoms with Crippen LogP contribution in [0.4, 0.5) is 0 Å². The molecule has 0 aromatic heterocycles. The molecule has 1 heterocycles. The highest BCUT2D eigenvalue weighted by atomic mass is 35.5. The molecule has 2 aromatic rings. The van der Waals surface area contributed by atoms with Gasteiger partial charge in [0, 0.05) is 5.02 Å². The highest BCUT2D eigenvalue weighted by molar-refractivity contribution is 6.30. The van der Waals surface area contributed by atoms with Crippen LogP contribution in [0, 0.1) is 0 Å². The van der Waals surface area contributed by atoms with Gasteiger partial charge in [0.15, 0.2) is 0 Å². The molecule has 2 aromatic carbocycles. The van der Waals surface area contributed by atoms with Crippen molar-refractivity contribution in [2.24, 2.45) is 5.10 Å². The topological polar surface area (TPSA) is 24.4 Å². The summed E-state index contributed by atoms with van der Waals surface area (Å²) in [5, 5.41) is 5.32. The summed E-state index contributed by atoms with van der Waals surface area (Å²) in [6.07, 6.45) is 0. The Morgan fingerprint density at radius 2 is 1.65 bits per heavy atom. The first-order chi connectivity index (χ1) is 9.58. The van der Waals surface area contributed by atoms with Crippen LogP contribution in [-0.4, -0.2) is 11.3 Å². The Morgan fingerprint density at radius 3 is 2.30 bits per heavy atom. The van der Waals surface area contributed by atoms with Gasteiger partial charge in [-0.3, -0.25) is 0 Å². The zero-order chi connectivity index (χ0) is 14.2. The Labute approximate surface area is 124 Å². The van der Waals surface area contributed by atoms with E-state index in [0.717, 1.165) is 16.3 Å². The van der Waals surface area contributed by atoms with Crippen LogP contribution in [0.1, 0.15) is 30.9 Å². The number of benzene rings is 2. The smallest absolute Gasteiger partial charge is 0.0774 e. The third-order valence-electron chi connectivity index (χ3n) is 3.73. The molecule has 102 valence electrons. The van der Waals surface area contributed by atoms with Crippen LogP contribution in [0.15, 0.2) is 59.7 Å². The monoisotopic (exact) mass is 284 g/mol. The molecule has 3 rings (SSSR count). The second-order valence-corrected chi connectivity index (χ2v) is 6.12. The summed E-state index contributed by atoms with van der Waals surface area (Å²) in [5.74, 6) is 0.227. The lowest BCUT2D eigenvalue weighted by Crippen LogP contribution is -2.38. The molecule has 1 aliphatic rings. The van der Waals surface area contributed by atoms with E-state index in [1.165, 1.54) is 5.56 Å². The zero-order valence-electron chi connectivity index (χ0n) is 11.6. The number of hydrogen-bond acceptors (Lipinski definition) is 2. The lowest BCUT2D eigenvalue weighted by atomic mass is 9.78. The van der Waals surface area contributed by atoms with E-state index in [1.807, 2.05) is 30.3 Å². The number of rotatable bonds is 2. The van der Waals surface area contributed by atoms with E-state index in [2.05, 4.69) is 48.6 Å². The predicted octanol–water partition coefficient (Wildman–Crippen LogP) is 4.21. The first-order valence-corrected chi connectivity index (χ1v) is 7.11. The second-order valence-electron chi connectivity index (χ2n) is 5.68. The maximum atomic E-state index is 5.97. The van der Waals surface area contributed by atoms with Crippen molar-refractivity contribution in [1.82, 2.24) is 5.43 Å². The minimum absolute atomic E-state index is 0.101. The van der Waals surface area contributed by atoms with Crippen LogP contribution in [0.3, 0.4) is 0 Å². The number of halogens is 1. The summed E-state index contributed by atoms with van der Waals surface area (Å²) in [4.78, 5) is 0. The highest BCUT2D eigenvalue weighted by Gasteiger charge is 2.39. The van der Waals surface area contributed by atoms with Gasteiger partial charge in [-0.2, -0.15) is 5.10 Å². The summed E-state index contributed by atoms with van der Waals surface area (Å²) in [7, 11) is 0. The maximum absolute atomic E-state index is 5.97. The van der Waals surface area contributed by atoms with E-state index in [9.17, 15) is 0 Å². The maximum Gasteiger partial charge on any atom is 0.0774 e. The largest absolute Gasteiger partial charge is 0.303 e. The van der Waals surface area contributed by atoms with Crippen LogP contribution in [0.2, 0.25) is 5.02 Å². The van der Waals surface area contributed by atoms with Gasteiger partial charge < -0.3 is 5.43 Å². The molecular weight excluding hydrogens is 268 g/mol. The summed E-state index contributed by atoms with van der Waals surface area (Å²) in [6, 6.07) is 18.4. The normalized spacial score (nSPS) is 20.4. The predicted molar refractivity (Wildman–Crippen MR) is 84.4 cm³/mol. The third kappa shape index (κ3) is 2.32. The van der Waals surface area contributed by atoms with Gasteiger partial charge in [-0.05, 0) is 37.1 Å². The molecule has 2 nitrogen and oxygen atoms in total. The van der Waals surface area contributed by atoms with E-state index < -0.39 is 0 Å². The molecule has 20 heavy (non-hydrogen) atoms. The molecule has 1 N–H and O–H groups in total. The Kier molecular flexibility index (Phi) is 3.27. The fourth-order valence-electron chi connectivity index (χ4n) is 2.75. The van der Waals surface area contributed by atoms with Crippen LogP contribution >= 0.6 is 11.6 Å². The first-order valence-electron chi connectivity index (χ1n) is 6.73. The average molecular weight is 285 g/mol. The molecule has 0 radical (unpaired) electrons. The van der Waals surface area contributed by atoms with Crippen molar-refractivity contribution in [3.8, 4) is 0 Å². The van der Waals surface area contributed by atoms with Crippen molar-refractivity contribution in [2.75, 3.05) is 0 Å². The minimum atomic E-state index is -0.101. The van der Waals surface area contributed by atoms with Crippen molar-refractivity contribution in [2.45, 2.75) is 25.3 Å². The minimum Gasteiger partial charge on any atom is -0.303 e. The molecule has 3 heteroatoms. The fraction of sp³-hybridized carbons (Fsp3) is 0.235. The fourth-order valence-corrected chi connectivity index (χ4v) is 2.87.